The van der Waals surface area contributed by atoms with Crippen LogP contribution < -0.4 is 15.3 Å². The number of carbonyl (C=O) groups excluding carboxylic acids is 1. The number of aliphatic carboxylic acids is 1. The second-order valence-electron chi connectivity index (χ2n) is 7.79. The number of benzene rings is 1. The molecule has 1 aromatic carbocycles. The van der Waals surface area contributed by atoms with Gasteiger partial charge in [-0.05, 0) is 25.5 Å². The van der Waals surface area contributed by atoms with Crippen molar-refractivity contribution in [2.75, 3.05) is 13.1 Å². The molecule has 0 amide bonds. The first kappa shape index (κ1) is 15.7. The minimum Gasteiger partial charge on any atom is -0.544 e. The topological polar surface area (TPSA) is 77.0 Å². The number of carbonyl (C=O) groups is 1. The second-order valence-corrected chi connectivity index (χ2v) is 7.79. The van der Waals surface area contributed by atoms with E-state index in [0.717, 1.165) is 31.4 Å². The van der Waals surface area contributed by atoms with Gasteiger partial charge in [-0.3, -0.25) is 0 Å². The predicted molar refractivity (Wildman–Crippen MR) is 89.5 cm³/mol. The van der Waals surface area contributed by atoms with Gasteiger partial charge in [0.25, 0.3) is 0 Å². The number of quaternary nitrogens is 2. The standard InChI is InChI=1S/C19H25N3O2/c1-12(2)22-9-7-19(8-10-22)17-14(11-16(21-19)18(23)24)13-5-3-4-6-15(13)20-17/h3-6,12,16,20-21H,7-11H2,1-2H3,(H,23,24)/p+1/t16-/m1/s1. The third-order valence-electron chi connectivity index (χ3n) is 6.16. The molecule has 0 bridgehead atoms. The van der Waals surface area contributed by atoms with E-state index >= 15 is 0 Å². The van der Waals surface area contributed by atoms with Crippen molar-refractivity contribution in [2.24, 2.45) is 0 Å². The molecule has 2 aliphatic heterocycles. The first-order valence-corrected chi connectivity index (χ1v) is 9.02. The maximum Gasteiger partial charge on any atom is 0.148 e. The van der Waals surface area contributed by atoms with Crippen LogP contribution in [0.1, 0.15) is 37.9 Å². The molecule has 128 valence electrons. The summed E-state index contributed by atoms with van der Waals surface area (Å²) >= 11 is 0. The Balaban J connectivity index is 1.79. The molecule has 3 heterocycles. The lowest BCUT2D eigenvalue weighted by atomic mass is 9.77. The molecule has 0 unspecified atom stereocenters. The number of para-hydroxylation sites is 1. The summed E-state index contributed by atoms with van der Waals surface area (Å²) in [5.74, 6) is -0.941. The van der Waals surface area contributed by atoms with E-state index in [2.05, 4.69) is 36.3 Å². The minimum absolute atomic E-state index is 0.143. The maximum atomic E-state index is 11.7. The first-order valence-electron chi connectivity index (χ1n) is 9.02. The fourth-order valence-electron chi connectivity index (χ4n) is 4.75. The molecule has 4 rings (SSSR count). The van der Waals surface area contributed by atoms with Gasteiger partial charge in [-0.25, -0.2) is 0 Å². The van der Waals surface area contributed by atoms with Gasteiger partial charge in [0.2, 0.25) is 0 Å². The molecule has 0 radical (unpaired) electrons. The fraction of sp³-hybridized carbons (Fsp3) is 0.526. The number of carboxylic acid groups (broad SMARTS) is 1. The molecule has 0 aliphatic carbocycles. The normalized spacial score (nSPS) is 30.0. The van der Waals surface area contributed by atoms with Gasteiger partial charge < -0.3 is 25.1 Å². The van der Waals surface area contributed by atoms with Crippen molar-refractivity contribution in [3.05, 3.63) is 35.5 Å². The van der Waals surface area contributed by atoms with Crippen molar-refractivity contribution in [1.29, 1.82) is 0 Å². The molecule has 2 aliphatic rings. The van der Waals surface area contributed by atoms with Crippen LogP contribution in [0.15, 0.2) is 24.3 Å². The smallest absolute Gasteiger partial charge is 0.148 e. The largest absolute Gasteiger partial charge is 0.544 e. The zero-order valence-corrected chi connectivity index (χ0v) is 14.4. The first-order chi connectivity index (χ1) is 11.5. The number of likely N-dealkylation sites (tertiary alicyclic amines) is 1. The number of H-pyrrole nitrogens is 1. The highest BCUT2D eigenvalue weighted by Crippen LogP contribution is 2.35. The third kappa shape index (κ3) is 2.34. The lowest BCUT2D eigenvalue weighted by Crippen LogP contribution is -3.18. The van der Waals surface area contributed by atoms with Crippen LogP contribution in [0.25, 0.3) is 10.9 Å². The predicted octanol–water partition coefficient (Wildman–Crippen LogP) is -1.31. The molecule has 2 aromatic rings. The summed E-state index contributed by atoms with van der Waals surface area (Å²) in [6.45, 7) is 6.69. The molecule has 4 N–H and O–H groups in total. The monoisotopic (exact) mass is 328 g/mol. The highest BCUT2D eigenvalue weighted by atomic mass is 16.4. The van der Waals surface area contributed by atoms with Crippen molar-refractivity contribution in [1.82, 2.24) is 4.98 Å². The summed E-state index contributed by atoms with van der Waals surface area (Å²) < 4.78 is 0. The molecule has 24 heavy (non-hydrogen) atoms. The van der Waals surface area contributed by atoms with E-state index in [1.165, 1.54) is 16.6 Å². The quantitative estimate of drug-likeness (QED) is 0.640. The van der Waals surface area contributed by atoms with E-state index in [1.54, 1.807) is 4.90 Å². The molecule has 5 heteroatoms. The molecular weight excluding hydrogens is 302 g/mol. The average molecular weight is 328 g/mol. The Morgan fingerprint density at radius 3 is 2.71 bits per heavy atom. The van der Waals surface area contributed by atoms with Gasteiger partial charge in [0.1, 0.15) is 11.6 Å². The SMILES string of the molecule is CC(C)[NH+]1CCC2(CC1)[NH2+][C@@H](C(=O)[O-])Cc1c2[nH]c2ccccc12. The molecule has 1 atom stereocenters. The lowest BCUT2D eigenvalue weighted by Gasteiger charge is -2.43. The highest BCUT2D eigenvalue weighted by Gasteiger charge is 2.49. The Hall–Kier alpha value is -1.85. The molecule has 1 spiro atoms. The Labute approximate surface area is 142 Å². The van der Waals surface area contributed by atoms with Gasteiger partial charge in [0.15, 0.2) is 0 Å². The summed E-state index contributed by atoms with van der Waals surface area (Å²) in [5.41, 5.74) is 3.42. The highest BCUT2D eigenvalue weighted by molar-refractivity contribution is 5.86. The number of nitrogens with two attached hydrogens (primary N) is 1. The third-order valence-corrected chi connectivity index (χ3v) is 6.16. The van der Waals surface area contributed by atoms with E-state index in [1.807, 2.05) is 12.1 Å². The molecule has 1 fully saturated rings. The summed E-state index contributed by atoms with van der Waals surface area (Å²) in [5, 5.41) is 14.9. The van der Waals surface area contributed by atoms with Crippen LogP contribution in [0.2, 0.25) is 0 Å². The Morgan fingerprint density at radius 2 is 2.04 bits per heavy atom. The second kappa shape index (κ2) is 5.60. The number of carboxylic acids is 1. The number of rotatable bonds is 2. The summed E-state index contributed by atoms with van der Waals surface area (Å²) in [4.78, 5) is 16.9. The van der Waals surface area contributed by atoms with Crippen LogP contribution in [0, 0.1) is 0 Å². The van der Waals surface area contributed by atoms with E-state index in [4.69, 9.17) is 0 Å². The number of hydrogen-bond donors (Lipinski definition) is 3. The summed E-state index contributed by atoms with van der Waals surface area (Å²) in [6.07, 6.45) is 2.55. The van der Waals surface area contributed by atoms with Crippen molar-refractivity contribution in [2.45, 2.75) is 50.7 Å². The van der Waals surface area contributed by atoms with Gasteiger partial charge >= 0.3 is 0 Å². The van der Waals surface area contributed by atoms with Gasteiger partial charge in [-0.1, -0.05) is 18.2 Å². The van der Waals surface area contributed by atoms with E-state index in [9.17, 15) is 9.90 Å². The number of fused-ring (bicyclic) bond motifs is 4. The lowest BCUT2D eigenvalue weighted by molar-refractivity contribution is -0.939. The van der Waals surface area contributed by atoms with Crippen LogP contribution in [0.4, 0.5) is 0 Å². The van der Waals surface area contributed by atoms with Crippen LogP contribution in [0.3, 0.4) is 0 Å². The number of piperidine rings is 1. The maximum absolute atomic E-state index is 11.7. The molecule has 1 aromatic heterocycles. The van der Waals surface area contributed by atoms with E-state index in [0.29, 0.717) is 12.5 Å². The molecular formula is C19H26N3O2+. The molecule has 5 nitrogen and oxygen atoms in total. The number of aromatic nitrogens is 1. The molecule has 0 saturated carbocycles. The number of nitrogens with one attached hydrogen (secondary N) is 2. The summed E-state index contributed by atoms with van der Waals surface area (Å²) in [7, 11) is 0. The van der Waals surface area contributed by atoms with Gasteiger partial charge in [-0.15, -0.1) is 0 Å². The molecule has 1 saturated heterocycles. The Kier molecular flexibility index (Phi) is 3.66. The van der Waals surface area contributed by atoms with Crippen LogP contribution in [-0.2, 0) is 16.8 Å². The van der Waals surface area contributed by atoms with Crippen LogP contribution in [0.5, 0.6) is 0 Å². The zero-order chi connectivity index (χ0) is 16.9. The van der Waals surface area contributed by atoms with Gasteiger partial charge in [0.05, 0.1) is 43.6 Å². The van der Waals surface area contributed by atoms with E-state index in [-0.39, 0.29) is 5.54 Å². The summed E-state index contributed by atoms with van der Waals surface area (Å²) in [6, 6.07) is 8.38. The van der Waals surface area contributed by atoms with E-state index < -0.39 is 12.0 Å². The van der Waals surface area contributed by atoms with Crippen molar-refractivity contribution in [3.63, 3.8) is 0 Å². The zero-order valence-electron chi connectivity index (χ0n) is 14.4. The van der Waals surface area contributed by atoms with Crippen LogP contribution in [-0.4, -0.2) is 36.1 Å². The van der Waals surface area contributed by atoms with Crippen molar-refractivity contribution >= 4 is 16.9 Å². The number of hydrogen-bond acceptors (Lipinski definition) is 2. The van der Waals surface area contributed by atoms with Gasteiger partial charge in [-0.2, -0.15) is 0 Å². The van der Waals surface area contributed by atoms with Crippen molar-refractivity contribution in [3.8, 4) is 0 Å². The van der Waals surface area contributed by atoms with Crippen LogP contribution >= 0.6 is 0 Å². The fourth-order valence-corrected chi connectivity index (χ4v) is 4.75. The van der Waals surface area contributed by atoms with Gasteiger partial charge in [0, 0.05) is 17.3 Å². The number of aromatic amines is 1. The average Bonchev–Trinajstić information content (AvgIpc) is 2.95. The van der Waals surface area contributed by atoms with Crippen molar-refractivity contribution < 1.29 is 20.1 Å². The minimum atomic E-state index is -0.941. The Morgan fingerprint density at radius 1 is 1.33 bits per heavy atom. The Bertz CT molecular complexity index is 772.